The van der Waals surface area contributed by atoms with Crippen LogP contribution in [0.4, 0.5) is 0 Å². The van der Waals surface area contributed by atoms with Crippen LogP contribution in [-0.2, 0) is 30.2 Å². The number of Topliss-reactive ketones (excluding diaryl/α,β-unsaturated/α-hetero) is 1. The molecule has 0 bridgehead atoms. The van der Waals surface area contributed by atoms with Crippen molar-refractivity contribution in [3.05, 3.63) is 44.2 Å². The number of allylic oxidation sites excluding steroid dienone is 2. The van der Waals surface area contributed by atoms with Gasteiger partial charge >= 0.3 is 5.97 Å². The van der Waals surface area contributed by atoms with Crippen LogP contribution < -0.4 is 5.43 Å². The molecule has 0 N–H and O–H groups in total. The third kappa shape index (κ3) is 5.55. The zero-order chi connectivity index (χ0) is 30.3. The number of ether oxygens (including phenoxy) is 3. The number of carbonyl (C=O) groups excluding carboxylic acids is 2. The molecule has 3 unspecified atom stereocenters. The average Bonchev–Trinajstić information content (AvgIpc) is 2.91. The molecular formula is C33H50O7. The molecule has 3 rings (SSSR count). The standard InChI is InChI=1S/C33H50O7/c1-13-17(5)29-20(8)28(36)23(11)33(39-29)24(12)32(38-26(34)15-16(3)4)22(10)31(40-33)21(9)30-19(7)27(35)18(6)25(14-2)37-30/h16-17,21-24,31-32H,13-15H2,1-12H3/t17?,21-,22?,23-,24-,31?,32-,33+/m0/s1. The highest BCUT2D eigenvalue weighted by Gasteiger charge is 2.62. The minimum absolute atomic E-state index is 0.0192. The van der Waals surface area contributed by atoms with E-state index in [0.717, 1.165) is 6.42 Å². The molecule has 7 heteroatoms. The van der Waals surface area contributed by atoms with Crippen molar-refractivity contribution >= 4 is 11.8 Å². The largest absolute Gasteiger partial charge is 0.465 e. The minimum Gasteiger partial charge on any atom is -0.465 e. The molecule has 1 aromatic heterocycles. The van der Waals surface area contributed by atoms with Crippen molar-refractivity contribution in [3.63, 3.8) is 0 Å². The van der Waals surface area contributed by atoms with Crippen LogP contribution in [0, 0.1) is 43.4 Å². The van der Waals surface area contributed by atoms with Crippen LogP contribution in [0.15, 0.2) is 20.5 Å². The summed E-state index contributed by atoms with van der Waals surface area (Å²) in [6, 6.07) is 0. The van der Waals surface area contributed by atoms with E-state index in [-0.39, 0.29) is 40.9 Å². The Morgan fingerprint density at radius 2 is 1.62 bits per heavy atom. The molecule has 40 heavy (non-hydrogen) atoms. The van der Waals surface area contributed by atoms with Gasteiger partial charge in [0.05, 0.1) is 17.9 Å². The topological polar surface area (TPSA) is 92.0 Å². The van der Waals surface area contributed by atoms with E-state index < -0.39 is 29.8 Å². The fraction of sp³-hybridized carbons (Fsp3) is 0.727. The Bertz CT molecular complexity index is 1210. The summed E-state index contributed by atoms with van der Waals surface area (Å²) in [5, 5.41) is 0. The molecule has 1 aromatic rings. The quantitative estimate of drug-likeness (QED) is 0.324. The summed E-state index contributed by atoms with van der Waals surface area (Å²) in [6.45, 7) is 23.2. The molecule has 224 valence electrons. The van der Waals surface area contributed by atoms with Gasteiger partial charge in [0.15, 0.2) is 11.2 Å². The van der Waals surface area contributed by atoms with Gasteiger partial charge in [-0.05, 0) is 40.0 Å². The minimum atomic E-state index is -1.34. The summed E-state index contributed by atoms with van der Waals surface area (Å²) in [6.07, 6.45) is 0.573. The van der Waals surface area contributed by atoms with Gasteiger partial charge in [-0.2, -0.15) is 0 Å². The maximum absolute atomic E-state index is 13.7. The van der Waals surface area contributed by atoms with Crippen molar-refractivity contribution in [2.24, 2.45) is 29.6 Å². The number of rotatable bonds is 8. The number of esters is 1. The Balaban J connectivity index is 2.19. The molecule has 0 radical (unpaired) electrons. The first kappa shape index (κ1) is 32.1. The molecule has 0 aliphatic carbocycles. The van der Waals surface area contributed by atoms with Crippen LogP contribution in [0.5, 0.6) is 0 Å². The van der Waals surface area contributed by atoms with Crippen LogP contribution >= 0.6 is 0 Å². The highest BCUT2D eigenvalue weighted by atomic mass is 16.7. The average molecular weight is 559 g/mol. The highest BCUT2D eigenvalue weighted by molar-refractivity contribution is 5.98. The maximum atomic E-state index is 13.7. The molecular weight excluding hydrogens is 508 g/mol. The van der Waals surface area contributed by atoms with Gasteiger partial charge in [-0.3, -0.25) is 14.4 Å². The van der Waals surface area contributed by atoms with Crippen LogP contribution in [-0.4, -0.2) is 29.7 Å². The SMILES string of the molecule is CCc1oc([C@H](C)C2O[C@@]3(OC(C(C)CC)=C(C)C(=O)[C@@H]3C)[C@@H](C)[C@@H](OC(=O)CC(C)C)C2C)c(C)c(=O)c1C. The summed E-state index contributed by atoms with van der Waals surface area (Å²) in [5.74, 6) is -1.30. The molecule has 8 atom stereocenters. The molecule has 1 saturated heterocycles. The summed E-state index contributed by atoms with van der Waals surface area (Å²) in [7, 11) is 0. The summed E-state index contributed by atoms with van der Waals surface area (Å²) in [4.78, 5) is 39.9. The lowest BCUT2D eigenvalue weighted by Gasteiger charge is -2.56. The Labute approximate surface area is 240 Å². The third-order valence-electron chi connectivity index (χ3n) is 9.32. The molecule has 1 fully saturated rings. The van der Waals surface area contributed by atoms with Gasteiger partial charge in [0.25, 0.3) is 0 Å². The Kier molecular flexibility index (Phi) is 9.81. The van der Waals surface area contributed by atoms with E-state index in [9.17, 15) is 14.4 Å². The molecule has 0 aromatic carbocycles. The van der Waals surface area contributed by atoms with Crippen molar-refractivity contribution in [3.8, 4) is 0 Å². The Morgan fingerprint density at radius 1 is 1.00 bits per heavy atom. The smallest absolute Gasteiger partial charge is 0.306 e. The summed E-state index contributed by atoms with van der Waals surface area (Å²) in [5.41, 5.74) is 1.75. The molecule has 0 amide bonds. The second-order valence-electron chi connectivity index (χ2n) is 12.6. The number of ketones is 1. The first-order valence-corrected chi connectivity index (χ1v) is 15.1. The van der Waals surface area contributed by atoms with Crippen molar-refractivity contribution < 1.29 is 28.2 Å². The summed E-state index contributed by atoms with van der Waals surface area (Å²) < 4.78 is 26.3. The van der Waals surface area contributed by atoms with E-state index >= 15 is 0 Å². The second kappa shape index (κ2) is 12.2. The van der Waals surface area contributed by atoms with E-state index in [2.05, 4.69) is 6.92 Å². The predicted molar refractivity (Wildman–Crippen MR) is 155 cm³/mol. The second-order valence-corrected chi connectivity index (χ2v) is 12.6. The normalized spacial score (nSPS) is 30.4. The van der Waals surface area contributed by atoms with Crippen LogP contribution in [0.2, 0.25) is 0 Å². The molecule has 0 saturated carbocycles. The molecule has 2 aliphatic rings. The van der Waals surface area contributed by atoms with Gasteiger partial charge in [0, 0.05) is 47.3 Å². The van der Waals surface area contributed by atoms with Crippen molar-refractivity contribution in [2.75, 3.05) is 0 Å². The first-order valence-electron chi connectivity index (χ1n) is 15.1. The first-order chi connectivity index (χ1) is 18.6. The number of carbonyl (C=O) groups is 2. The lowest BCUT2D eigenvalue weighted by atomic mass is 9.70. The van der Waals surface area contributed by atoms with E-state index in [1.807, 2.05) is 62.3 Å². The third-order valence-corrected chi connectivity index (χ3v) is 9.32. The zero-order valence-electron chi connectivity index (χ0n) is 26.6. The van der Waals surface area contributed by atoms with E-state index in [4.69, 9.17) is 18.6 Å². The van der Waals surface area contributed by atoms with Crippen LogP contribution in [0.1, 0.15) is 111 Å². The fourth-order valence-electron chi connectivity index (χ4n) is 6.56. The van der Waals surface area contributed by atoms with Gasteiger partial charge in [0.2, 0.25) is 5.79 Å². The van der Waals surface area contributed by atoms with E-state index in [0.29, 0.717) is 46.8 Å². The Morgan fingerprint density at radius 3 is 2.17 bits per heavy atom. The fourth-order valence-corrected chi connectivity index (χ4v) is 6.56. The maximum Gasteiger partial charge on any atom is 0.306 e. The lowest BCUT2D eigenvalue weighted by Crippen LogP contribution is -2.65. The van der Waals surface area contributed by atoms with E-state index in [1.165, 1.54) is 0 Å². The van der Waals surface area contributed by atoms with Crippen molar-refractivity contribution in [1.29, 1.82) is 0 Å². The van der Waals surface area contributed by atoms with Gasteiger partial charge in [-0.1, -0.05) is 55.4 Å². The number of aryl methyl sites for hydroxylation is 1. The molecule has 3 heterocycles. The van der Waals surface area contributed by atoms with Crippen molar-refractivity contribution in [2.45, 2.75) is 126 Å². The van der Waals surface area contributed by atoms with Gasteiger partial charge in [0.1, 0.15) is 23.4 Å². The van der Waals surface area contributed by atoms with Gasteiger partial charge in [-0.15, -0.1) is 0 Å². The van der Waals surface area contributed by atoms with Gasteiger partial charge in [-0.25, -0.2) is 0 Å². The highest BCUT2D eigenvalue weighted by Crippen LogP contribution is 2.52. The predicted octanol–water partition coefficient (Wildman–Crippen LogP) is 6.80. The molecule has 7 nitrogen and oxygen atoms in total. The molecule has 2 aliphatic heterocycles. The zero-order valence-corrected chi connectivity index (χ0v) is 26.6. The summed E-state index contributed by atoms with van der Waals surface area (Å²) >= 11 is 0. The molecule has 1 spiro atoms. The monoisotopic (exact) mass is 558 g/mol. The van der Waals surface area contributed by atoms with Crippen molar-refractivity contribution in [1.82, 2.24) is 0 Å². The van der Waals surface area contributed by atoms with Gasteiger partial charge < -0.3 is 18.6 Å². The van der Waals surface area contributed by atoms with Crippen LogP contribution in [0.3, 0.4) is 0 Å². The number of hydrogen-bond acceptors (Lipinski definition) is 7. The van der Waals surface area contributed by atoms with E-state index in [1.54, 1.807) is 13.8 Å². The number of hydrogen-bond donors (Lipinski definition) is 0. The lowest BCUT2D eigenvalue weighted by molar-refractivity contribution is -0.347. The van der Waals surface area contributed by atoms with Crippen LogP contribution in [0.25, 0.3) is 0 Å². The Hall–Kier alpha value is -2.41.